The fourth-order valence-electron chi connectivity index (χ4n) is 3.24. The number of ether oxygens (including phenoxy) is 1. The van der Waals surface area contributed by atoms with Gasteiger partial charge in [0.25, 0.3) is 0 Å². The van der Waals surface area contributed by atoms with Crippen LogP contribution >= 0.6 is 23.2 Å². The molecule has 0 aliphatic carbocycles. The van der Waals surface area contributed by atoms with Gasteiger partial charge in [0.1, 0.15) is 11.6 Å². The standard InChI is InChI=1S/C23H20Cl2N2O/c1-16-15-19(11-12-20(16)25)28-14-4-13-27-22-6-3-2-5-21(22)26-23(27)17-7-9-18(24)10-8-17/h2-3,5-12,15H,4,13-14H2,1H3. The SMILES string of the molecule is Cc1cc(OCCCn2c(-c3ccc(Cl)cc3)nc3ccccc32)ccc1Cl. The Morgan fingerprint density at radius 3 is 2.54 bits per heavy atom. The maximum atomic E-state index is 6.08. The predicted octanol–water partition coefficient (Wildman–Crippen LogP) is 6.79. The summed E-state index contributed by atoms with van der Waals surface area (Å²) in [7, 11) is 0. The molecule has 5 heteroatoms. The number of fused-ring (bicyclic) bond motifs is 1. The Balaban J connectivity index is 1.53. The maximum absolute atomic E-state index is 6.08. The molecule has 4 aromatic rings. The van der Waals surface area contributed by atoms with Gasteiger partial charge in [0.2, 0.25) is 0 Å². The highest BCUT2D eigenvalue weighted by Crippen LogP contribution is 2.26. The smallest absolute Gasteiger partial charge is 0.141 e. The molecular weight excluding hydrogens is 391 g/mol. The van der Waals surface area contributed by atoms with Gasteiger partial charge in [0, 0.05) is 22.2 Å². The van der Waals surface area contributed by atoms with Crippen molar-refractivity contribution in [1.29, 1.82) is 0 Å². The van der Waals surface area contributed by atoms with Gasteiger partial charge in [-0.05, 0) is 73.5 Å². The number of halogens is 2. The second-order valence-corrected chi connectivity index (χ2v) is 7.54. The van der Waals surface area contributed by atoms with Gasteiger partial charge in [-0.2, -0.15) is 0 Å². The Kier molecular flexibility index (Phi) is 5.56. The van der Waals surface area contributed by atoms with E-state index in [1.54, 1.807) is 0 Å². The molecule has 142 valence electrons. The number of hydrogen-bond donors (Lipinski definition) is 0. The zero-order valence-corrected chi connectivity index (χ0v) is 17.0. The Morgan fingerprint density at radius 1 is 0.964 bits per heavy atom. The summed E-state index contributed by atoms with van der Waals surface area (Å²) < 4.78 is 8.15. The molecular formula is C23H20Cl2N2O. The van der Waals surface area contributed by atoms with Crippen molar-refractivity contribution < 1.29 is 4.74 Å². The third-order valence-electron chi connectivity index (χ3n) is 4.68. The number of imidazole rings is 1. The molecule has 0 amide bonds. The van der Waals surface area contributed by atoms with Crippen LogP contribution in [0.2, 0.25) is 10.0 Å². The first kappa shape index (κ1) is 18.9. The van der Waals surface area contributed by atoms with Gasteiger partial charge in [0.05, 0.1) is 17.6 Å². The van der Waals surface area contributed by atoms with Gasteiger partial charge < -0.3 is 9.30 Å². The van der Waals surface area contributed by atoms with Gasteiger partial charge in [-0.3, -0.25) is 0 Å². The topological polar surface area (TPSA) is 27.1 Å². The first-order valence-corrected chi connectivity index (χ1v) is 9.97. The van der Waals surface area contributed by atoms with Gasteiger partial charge >= 0.3 is 0 Å². The molecule has 0 atom stereocenters. The van der Waals surface area contributed by atoms with E-state index in [0.29, 0.717) is 6.61 Å². The summed E-state index contributed by atoms with van der Waals surface area (Å²) in [5.74, 6) is 1.79. The van der Waals surface area contributed by atoms with Crippen molar-refractivity contribution in [3.8, 4) is 17.1 Å². The zero-order chi connectivity index (χ0) is 19.5. The number of aromatic nitrogens is 2. The van der Waals surface area contributed by atoms with Gasteiger partial charge in [-0.15, -0.1) is 0 Å². The van der Waals surface area contributed by atoms with Crippen LogP contribution in [0.4, 0.5) is 0 Å². The second-order valence-electron chi connectivity index (χ2n) is 6.70. The number of benzene rings is 3. The average molecular weight is 411 g/mol. The molecule has 3 aromatic carbocycles. The molecule has 0 radical (unpaired) electrons. The van der Waals surface area contributed by atoms with E-state index >= 15 is 0 Å². The number of aryl methyl sites for hydroxylation is 2. The molecule has 1 heterocycles. The minimum Gasteiger partial charge on any atom is -0.494 e. The lowest BCUT2D eigenvalue weighted by atomic mass is 10.2. The van der Waals surface area contributed by atoms with Crippen molar-refractivity contribution in [1.82, 2.24) is 9.55 Å². The summed E-state index contributed by atoms with van der Waals surface area (Å²) >= 11 is 12.1. The summed E-state index contributed by atoms with van der Waals surface area (Å²) in [4.78, 5) is 4.84. The first-order valence-electron chi connectivity index (χ1n) is 9.22. The summed E-state index contributed by atoms with van der Waals surface area (Å²) in [6.07, 6.45) is 0.864. The lowest BCUT2D eigenvalue weighted by Gasteiger charge is -2.11. The quantitative estimate of drug-likeness (QED) is 0.327. The molecule has 0 spiro atoms. The fourth-order valence-corrected chi connectivity index (χ4v) is 3.48. The first-order chi connectivity index (χ1) is 13.6. The van der Waals surface area contributed by atoms with Crippen molar-refractivity contribution in [2.24, 2.45) is 0 Å². The Hall–Kier alpha value is -2.49. The third-order valence-corrected chi connectivity index (χ3v) is 5.36. The van der Waals surface area contributed by atoms with Crippen LogP contribution < -0.4 is 4.74 Å². The van der Waals surface area contributed by atoms with E-state index < -0.39 is 0 Å². The van der Waals surface area contributed by atoms with Crippen molar-refractivity contribution >= 4 is 34.2 Å². The van der Waals surface area contributed by atoms with Gasteiger partial charge in [-0.25, -0.2) is 4.98 Å². The van der Waals surface area contributed by atoms with Crippen LogP contribution in [0.1, 0.15) is 12.0 Å². The largest absolute Gasteiger partial charge is 0.494 e. The van der Waals surface area contributed by atoms with E-state index in [0.717, 1.165) is 56.7 Å². The Bertz CT molecular complexity index is 1100. The van der Waals surface area contributed by atoms with E-state index in [2.05, 4.69) is 10.6 Å². The Morgan fingerprint density at radius 2 is 1.75 bits per heavy atom. The van der Waals surface area contributed by atoms with Crippen LogP contribution in [0, 0.1) is 6.92 Å². The van der Waals surface area contributed by atoms with E-state index in [-0.39, 0.29) is 0 Å². The molecule has 0 fully saturated rings. The number of rotatable bonds is 6. The lowest BCUT2D eigenvalue weighted by Crippen LogP contribution is -2.06. The second kappa shape index (κ2) is 8.26. The summed E-state index contributed by atoms with van der Waals surface area (Å²) in [6.45, 7) is 3.41. The highest BCUT2D eigenvalue weighted by atomic mass is 35.5. The van der Waals surface area contributed by atoms with E-state index in [1.807, 2.05) is 67.6 Å². The maximum Gasteiger partial charge on any atom is 0.141 e. The van der Waals surface area contributed by atoms with Crippen molar-refractivity contribution in [3.63, 3.8) is 0 Å². The van der Waals surface area contributed by atoms with Crippen molar-refractivity contribution in [2.75, 3.05) is 6.61 Å². The molecule has 3 nitrogen and oxygen atoms in total. The van der Waals surface area contributed by atoms with Crippen molar-refractivity contribution in [3.05, 3.63) is 82.3 Å². The molecule has 0 saturated heterocycles. The van der Waals surface area contributed by atoms with E-state index in [1.165, 1.54) is 0 Å². The van der Waals surface area contributed by atoms with Crippen LogP contribution in [0.15, 0.2) is 66.7 Å². The normalized spacial score (nSPS) is 11.1. The molecule has 1 aromatic heterocycles. The Labute approximate surface area is 174 Å². The molecule has 0 N–H and O–H groups in total. The van der Waals surface area contributed by atoms with E-state index in [9.17, 15) is 0 Å². The summed E-state index contributed by atoms with van der Waals surface area (Å²) in [5, 5.41) is 1.47. The van der Waals surface area contributed by atoms with Gasteiger partial charge in [0.15, 0.2) is 0 Å². The highest BCUT2D eigenvalue weighted by molar-refractivity contribution is 6.31. The monoisotopic (exact) mass is 410 g/mol. The van der Waals surface area contributed by atoms with Crippen molar-refractivity contribution in [2.45, 2.75) is 19.9 Å². The molecule has 0 saturated carbocycles. The molecule has 0 unspecified atom stereocenters. The van der Waals surface area contributed by atoms with Crippen LogP contribution in [-0.2, 0) is 6.54 Å². The molecule has 0 aliphatic rings. The average Bonchev–Trinajstić information content (AvgIpc) is 3.07. The summed E-state index contributed by atoms with van der Waals surface area (Å²) in [5.41, 5.74) is 4.18. The summed E-state index contributed by atoms with van der Waals surface area (Å²) in [6, 6.07) is 21.7. The lowest BCUT2D eigenvalue weighted by molar-refractivity contribution is 0.302. The van der Waals surface area contributed by atoms with Crippen LogP contribution in [0.25, 0.3) is 22.4 Å². The van der Waals surface area contributed by atoms with E-state index in [4.69, 9.17) is 32.9 Å². The highest BCUT2D eigenvalue weighted by Gasteiger charge is 2.12. The van der Waals surface area contributed by atoms with Gasteiger partial charge in [-0.1, -0.05) is 35.3 Å². The zero-order valence-electron chi connectivity index (χ0n) is 15.5. The minimum absolute atomic E-state index is 0.619. The molecule has 0 bridgehead atoms. The minimum atomic E-state index is 0.619. The number of hydrogen-bond acceptors (Lipinski definition) is 2. The molecule has 0 aliphatic heterocycles. The van der Waals surface area contributed by atoms with Crippen LogP contribution in [0.5, 0.6) is 5.75 Å². The molecule has 28 heavy (non-hydrogen) atoms. The fraction of sp³-hybridized carbons (Fsp3) is 0.174. The van der Waals surface area contributed by atoms with Crippen LogP contribution in [0.3, 0.4) is 0 Å². The molecule has 4 rings (SSSR count). The van der Waals surface area contributed by atoms with Crippen LogP contribution in [-0.4, -0.2) is 16.2 Å². The predicted molar refractivity (Wildman–Crippen MR) is 116 cm³/mol. The number of nitrogens with zero attached hydrogens (tertiary/aromatic N) is 2. The third kappa shape index (κ3) is 4.01. The number of para-hydroxylation sites is 2.